The summed E-state index contributed by atoms with van der Waals surface area (Å²) in [6.45, 7) is 0.189. The maximum absolute atomic E-state index is 11.7. The monoisotopic (exact) mass is 284 g/mol. The van der Waals surface area contributed by atoms with Crippen LogP contribution in [-0.4, -0.2) is 26.2 Å². The molecule has 2 rings (SSSR count). The summed E-state index contributed by atoms with van der Waals surface area (Å²) in [5.41, 5.74) is 0.0335. The first-order chi connectivity index (χ1) is 8.89. The number of carbonyl (C=O) groups excluding carboxylic acids is 1. The van der Waals surface area contributed by atoms with Crippen LogP contribution in [0.25, 0.3) is 0 Å². The van der Waals surface area contributed by atoms with Gasteiger partial charge < -0.3 is 4.74 Å². The molecule has 0 atom stereocenters. The van der Waals surface area contributed by atoms with Crippen molar-refractivity contribution in [1.29, 1.82) is 0 Å². The van der Waals surface area contributed by atoms with Crippen LogP contribution in [0.5, 0.6) is 0 Å². The molecule has 0 N–H and O–H groups in total. The molecule has 0 bridgehead atoms. The molecule has 5 nitrogen and oxygen atoms in total. The molecule has 0 spiro atoms. The van der Waals surface area contributed by atoms with Crippen molar-refractivity contribution in [2.75, 3.05) is 6.26 Å². The normalized spacial score (nSPS) is 16.9. The van der Waals surface area contributed by atoms with Gasteiger partial charge in [0.25, 0.3) is 10.1 Å². The zero-order valence-corrected chi connectivity index (χ0v) is 11.5. The molecule has 0 unspecified atom stereocenters. The number of rotatable bonds is 6. The van der Waals surface area contributed by atoms with Crippen molar-refractivity contribution in [2.45, 2.75) is 31.5 Å². The second-order valence-electron chi connectivity index (χ2n) is 4.79. The van der Waals surface area contributed by atoms with E-state index in [1.807, 2.05) is 30.3 Å². The first-order valence-corrected chi connectivity index (χ1v) is 7.80. The number of hydrogen-bond acceptors (Lipinski definition) is 5. The molecule has 1 aliphatic carbocycles. The fourth-order valence-electron chi connectivity index (χ4n) is 1.80. The summed E-state index contributed by atoms with van der Waals surface area (Å²) < 4.78 is 32.2. The first kappa shape index (κ1) is 14.0. The van der Waals surface area contributed by atoms with Crippen LogP contribution in [0.3, 0.4) is 0 Å². The molecule has 0 heterocycles. The number of esters is 1. The molecule has 0 aromatic heterocycles. The highest BCUT2D eigenvalue weighted by atomic mass is 32.2. The molecule has 1 aromatic carbocycles. The summed E-state index contributed by atoms with van der Waals surface area (Å²) in [6.07, 6.45) is 2.11. The molecular formula is C13H16O5S. The van der Waals surface area contributed by atoms with Crippen LogP contribution in [-0.2, 0) is 30.4 Å². The maximum atomic E-state index is 11.7. The minimum Gasteiger partial charge on any atom is -0.461 e. The van der Waals surface area contributed by atoms with Gasteiger partial charge in [-0.3, -0.25) is 8.98 Å². The summed E-state index contributed by atoms with van der Waals surface area (Å²) >= 11 is 0. The number of benzene rings is 1. The number of ether oxygens (including phenoxy) is 1. The molecule has 19 heavy (non-hydrogen) atoms. The third kappa shape index (κ3) is 4.65. The highest BCUT2D eigenvalue weighted by molar-refractivity contribution is 7.86. The minimum absolute atomic E-state index is 0.0209. The standard InChI is InChI=1S/C13H16O5S/c1-19(15,16)18-13(7-8-13)9-12(14)17-10-11-5-3-2-4-6-11/h2-6H,7-10H2,1H3. The summed E-state index contributed by atoms with van der Waals surface area (Å²) in [7, 11) is -3.54. The van der Waals surface area contributed by atoms with Gasteiger partial charge in [-0.1, -0.05) is 30.3 Å². The van der Waals surface area contributed by atoms with Crippen molar-refractivity contribution in [3.63, 3.8) is 0 Å². The van der Waals surface area contributed by atoms with Gasteiger partial charge in [0.15, 0.2) is 0 Å². The van der Waals surface area contributed by atoms with Crippen LogP contribution in [0, 0.1) is 0 Å². The Morgan fingerprint density at radius 1 is 1.26 bits per heavy atom. The van der Waals surface area contributed by atoms with Crippen molar-refractivity contribution in [3.8, 4) is 0 Å². The van der Waals surface area contributed by atoms with E-state index in [1.54, 1.807) is 0 Å². The van der Waals surface area contributed by atoms with Crippen LogP contribution >= 0.6 is 0 Å². The predicted octanol–water partition coefficient (Wildman–Crippen LogP) is 1.63. The van der Waals surface area contributed by atoms with Crippen LogP contribution in [0.2, 0.25) is 0 Å². The molecule has 1 aromatic rings. The molecule has 0 saturated heterocycles. The van der Waals surface area contributed by atoms with Crippen molar-refractivity contribution in [2.24, 2.45) is 0 Å². The molecule has 1 fully saturated rings. The van der Waals surface area contributed by atoms with E-state index in [0.717, 1.165) is 11.8 Å². The zero-order valence-electron chi connectivity index (χ0n) is 10.7. The molecule has 6 heteroatoms. The van der Waals surface area contributed by atoms with Gasteiger partial charge in [-0.2, -0.15) is 8.42 Å². The van der Waals surface area contributed by atoms with E-state index in [4.69, 9.17) is 8.92 Å². The summed E-state index contributed by atoms with van der Waals surface area (Å²) in [5, 5.41) is 0. The van der Waals surface area contributed by atoms with Crippen molar-refractivity contribution < 1.29 is 22.1 Å². The van der Waals surface area contributed by atoms with Gasteiger partial charge in [-0.25, -0.2) is 0 Å². The van der Waals surface area contributed by atoms with Gasteiger partial charge in [0, 0.05) is 0 Å². The third-order valence-electron chi connectivity index (χ3n) is 2.84. The smallest absolute Gasteiger partial charge is 0.309 e. The SMILES string of the molecule is CS(=O)(=O)OC1(CC(=O)OCc2ccccc2)CC1. The first-order valence-electron chi connectivity index (χ1n) is 5.99. The Kier molecular flexibility index (Phi) is 3.91. The van der Waals surface area contributed by atoms with Crippen molar-refractivity contribution in [1.82, 2.24) is 0 Å². The van der Waals surface area contributed by atoms with E-state index in [1.165, 1.54) is 0 Å². The lowest BCUT2D eigenvalue weighted by atomic mass is 10.2. The lowest BCUT2D eigenvalue weighted by Gasteiger charge is -2.13. The van der Waals surface area contributed by atoms with Crippen LogP contribution in [0.4, 0.5) is 0 Å². The quantitative estimate of drug-likeness (QED) is 0.586. The average Bonchev–Trinajstić information content (AvgIpc) is 3.04. The molecule has 104 valence electrons. The van der Waals surface area contributed by atoms with Crippen molar-refractivity contribution in [3.05, 3.63) is 35.9 Å². The second kappa shape index (κ2) is 5.30. The highest BCUT2D eigenvalue weighted by Crippen LogP contribution is 2.44. The zero-order chi connectivity index (χ0) is 13.9. The van der Waals surface area contributed by atoms with Crippen molar-refractivity contribution >= 4 is 16.1 Å². The number of carbonyl (C=O) groups is 1. The van der Waals surface area contributed by atoms with Gasteiger partial charge >= 0.3 is 5.97 Å². The Bertz CT molecular complexity index is 546. The van der Waals surface area contributed by atoms with Crippen LogP contribution in [0.15, 0.2) is 30.3 Å². The summed E-state index contributed by atoms with van der Waals surface area (Å²) in [6, 6.07) is 9.31. The Balaban J connectivity index is 1.82. The van der Waals surface area contributed by atoms with E-state index in [0.29, 0.717) is 12.8 Å². The molecule has 1 saturated carbocycles. The third-order valence-corrected chi connectivity index (χ3v) is 3.50. The van der Waals surface area contributed by atoms with Crippen LogP contribution < -0.4 is 0 Å². The fourth-order valence-corrected chi connectivity index (χ4v) is 2.67. The molecule has 0 radical (unpaired) electrons. The van der Waals surface area contributed by atoms with Gasteiger partial charge in [-0.05, 0) is 18.4 Å². The predicted molar refractivity (Wildman–Crippen MR) is 68.7 cm³/mol. The second-order valence-corrected chi connectivity index (χ2v) is 6.37. The summed E-state index contributed by atoms with van der Waals surface area (Å²) in [5.74, 6) is -0.440. The topological polar surface area (TPSA) is 69.7 Å². The maximum Gasteiger partial charge on any atom is 0.309 e. The molecule has 1 aliphatic rings. The Morgan fingerprint density at radius 2 is 1.89 bits per heavy atom. The highest BCUT2D eigenvalue weighted by Gasteiger charge is 2.49. The summed E-state index contributed by atoms with van der Waals surface area (Å²) in [4.78, 5) is 11.7. The van der Waals surface area contributed by atoms with E-state index < -0.39 is 21.7 Å². The molecule has 0 amide bonds. The van der Waals surface area contributed by atoms with Gasteiger partial charge in [0.05, 0.1) is 18.3 Å². The van der Waals surface area contributed by atoms with Crippen LogP contribution in [0.1, 0.15) is 24.8 Å². The lowest BCUT2D eigenvalue weighted by Crippen LogP contribution is -2.23. The molecular weight excluding hydrogens is 268 g/mol. The van der Waals surface area contributed by atoms with Gasteiger partial charge in [0.1, 0.15) is 6.61 Å². The van der Waals surface area contributed by atoms with Gasteiger partial charge in [0.2, 0.25) is 0 Å². The average molecular weight is 284 g/mol. The van der Waals surface area contributed by atoms with E-state index in [9.17, 15) is 13.2 Å². The van der Waals surface area contributed by atoms with E-state index >= 15 is 0 Å². The van der Waals surface area contributed by atoms with E-state index in [2.05, 4.69) is 0 Å². The minimum atomic E-state index is -3.54. The Hall–Kier alpha value is -1.40. The lowest BCUT2D eigenvalue weighted by molar-refractivity contribution is -0.147. The number of hydrogen-bond donors (Lipinski definition) is 0. The Morgan fingerprint density at radius 3 is 2.42 bits per heavy atom. The fraction of sp³-hybridized carbons (Fsp3) is 0.462. The largest absolute Gasteiger partial charge is 0.461 e. The van der Waals surface area contributed by atoms with Gasteiger partial charge in [-0.15, -0.1) is 0 Å². The van der Waals surface area contributed by atoms with E-state index in [-0.39, 0.29) is 13.0 Å². The Labute approximate surface area is 112 Å². The molecule has 0 aliphatic heterocycles.